The standard InChI is InChI=1S/C14H21N5O2/c1-15-13-8-12(19(20)21)9-14(16-13)18-6-4-17(5-7-18)10-11-2-3-11/h8-9,11H,2-7,10H2,1H3,(H,15,16). The molecule has 1 aromatic heterocycles. The Morgan fingerprint density at radius 1 is 1.33 bits per heavy atom. The Labute approximate surface area is 124 Å². The molecule has 1 N–H and O–H groups in total. The molecule has 0 atom stereocenters. The van der Waals surface area contributed by atoms with Crippen LogP contribution in [-0.4, -0.2) is 54.6 Å². The highest BCUT2D eigenvalue weighted by Gasteiger charge is 2.27. The zero-order valence-electron chi connectivity index (χ0n) is 12.3. The van der Waals surface area contributed by atoms with Gasteiger partial charge in [0.1, 0.15) is 11.6 Å². The van der Waals surface area contributed by atoms with Crippen molar-refractivity contribution in [1.82, 2.24) is 9.88 Å². The maximum Gasteiger partial charge on any atom is 0.276 e. The lowest BCUT2D eigenvalue weighted by Crippen LogP contribution is -2.47. The van der Waals surface area contributed by atoms with Gasteiger partial charge in [-0.1, -0.05) is 0 Å². The van der Waals surface area contributed by atoms with Crippen molar-refractivity contribution >= 4 is 17.3 Å². The number of nitrogens with one attached hydrogen (secondary N) is 1. The molecule has 2 fully saturated rings. The molecule has 2 aliphatic rings. The van der Waals surface area contributed by atoms with E-state index < -0.39 is 0 Å². The molecule has 7 heteroatoms. The summed E-state index contributed by atoms with van der Waals surface area (Å²) in [5.41, 5.74) is 0.0877. The Hall–Kier alpha value is -1.89. The van der Waals surface area contributed by atoms with Crippen LogP contribution in [0.2, 0.25) is 0 Å². The largest absolute Gasteiger partial charge is 0.373 e. The SMILES string of the molecule is CNc1cc([N+](=O)[O-])cc(N2CCN(CC3CC3)CC2)n1. The molecular weight excluding hydrogens is 270 g/mol. The fourth-order valence-corrected chi connectivity index (χ4v) is 2.72. The number of piperazine rings is 1. The molecule has 0 radical (unpaired) electrons. The molecule has 0 amide bonds. The van der Waals surface area contributed by atoms with Crippen molar-refractivity contribution in [2.45, 2.75) is 12.8 Å². The molecule has 1 aromatic rings. The van der Waals surface area contributed by atoms with Crippen LogP contribution in [0.25, 0.3) is 0 Å². The van der Waals surface area contributed by atoms with Gasteiger partial charge in [0, 0.05) is 39.8 Å². The minimum atomic E-state index is -0.366. The first-order chi connectivity index (χ1) is 10.2. The first kappa shape index (κ1) is 14.1. The van der Waals surface area contributed by atoms with Crippen LogP contribution in [-0.2, 0) is 0 Å². The van der Waals surface area contributed by atoms with Gasteiger partial charge in [0.05, 0.1) is 17.1 Å². The highest BCUT2D eigenvalue weighted by atomic mass is 16.6. The lowest BCUT2D eigenvalue weighted by atomic mass is 10.2. The number of pyridine rings is 1. The lowest BCUT2D eigenvalue weighted by Gasteiger charge is -2.35. The summed E-state index contributed by atoms with van der Waals surface area (Å²) in [6, 6.07) is 3.03. The van der Waals surface area contributed by atoms with Gasteiger partial charge >= 0.3 is 0 Å². The first-order valence-corrected chi connectivity index (χ1v) is 7.47. The molecule has 114 valence electrons. The van der Waals surface area contributed by atoms with Crippen LogP contribution in [0.5, 0.6) is 0 Å². The Morgan fingerprint density at radius 3 is 2.62 bits per heavy atom. The van der Waals surface area contributed by atoms with Gasteiger partial charge in [0.2, 0.25) is 0 Å². The predicted octanol–water partition coefficient (Wildman–Crippen LogP) is 1.56. The number of nitrogens with zero attached hydrogens (tertiary/aromatic N) is 4. The predicted molar refractivity (Wildman–Crippen MR) is 81.8 cm³/mol. The van der Waals surface area contributed by atoms with Crippen LogP contribution < -0.4 is 10.2 Å². The lowest BCUT2D eigenvalue weighted by molar-refractivity contribution is -0.384. The fourth-order valence-electron chi connectivity index (χ4n) is 2.72. The van der Waals surface area contributed by atoms with Gasteiger partial charge in [-0.15, -0.1) is 0 Å². The number of aromatic nitrogens is 1. The Balaban J connectivity index is 1.68. The highest BCUT2D eigenvalue weighted by molar-refractivity contribution is 5.55. The smallest absolute Gasteiger partial charge is 0.276 e. The monoisotopic (exact) mass is 291 g/mol. The number of hydrogen-bond acceptors (Lipinski definition) is 6. The van der Waals surface area contributed by atoms with E-state index in [1.807, 2.05) is 0 Å². The van der Waals surface area contributed by atoms with Gasteiger partial charge in [-0.3, -0.25) is 15.0 Å². The number of hydrogen-bond donors (Lipinski definition) is 1. The van der Waals surface area contributed by atoms with E-state index in [1.165, 1.54) is 25.5 Å². The maximum absolute atomic E-state index is 11.0. The first-order valence-electron chi connectivity index (χ1n) is 7.47. The average Bonchev–Trinajstić information content (AvgIpc) is 3.31. The van der Waals surface area contributed by atoms with E-state index in [-0.39, 0.29) is 10.6 Å². The van der Waals surface area contributed by atoms with Gasteiger partial charge in [-0.2, -0.15) is 0 Å². The molecule has 1 saturated carbocycles. The maximum atomic E-state index is 11.0. The summed E-state index contributed by atoms with van der Waals surface area (Å²) in [7, 11) is 1.73. The Bertz CT molecular complexity index is 524. The van der Waals surface area contributed by atoms with Gasteiger partial charge in [0.15, 0.2) is 0 Å². The minimum Gasteiger partial charge on any atom is -0.373 e. The van der Waals surface area contributed by atoms with Crippen molar-refractivity contribution in [2.75, 3.05) is 50.0 Å². The minimum absolute atomic E-state index is 0.0877. The van der Waals surface area contributed by atoms with E-state index >= 15 is 0 Å². The van der Waals surface area contributed by atoms with E-state index in [4.69, 9.17) is 0 Å². The van der Waals surface area contributed by atoms with Crippen molar-refractivity contribution in [3.8, 4) is 0 Å². The number of anilines is 2. The average molecular weight is 291 g/mol. The molecule has 21 heavy (non-hydrogen) atoms. The van der Waals surface area contributed by atoms with Crippen molar-refractivity contribution in [3.63, 3.8) is 0 Å². The third-order valence-electron chi connectivity index (χ3n) is 4.17. The number of rotatable bonds is 5. The molecule has 1 saturated heterocycles. The van der Waals surface area contributed by atoms with E-state index in [0.717, 1.165) is 32.1 Å². The van der Waals surface area contributed by atoms with E-state index in [9.17, 15) is 10.1 Å². The van der Waals surface area contributed by atoms with Gasteiger partial charge in [-0.25, -0.2) is 4.98 Å². The summed E-state index contributed by atoms with van der Waals surface area (Å²) in [5.74, 6) is 2.14. The van der Waals surface area contributed by atoms with E-state index in [0.29, 0.717) is 11.6 Å². The molecule has 1 aliphatic carbocycles. The third-order valence-corrected chi connectivity index (χ3v) is 4.17. The number of nitro groups is 1. The van der Waals surface area contributed by atoms with Crippen LogP contribution in [0.1, 0.15) is 12.8 Å². The topological polar surface area (TPSA) is 74.5 Å². The second-order valence-corrected chi connectivity index (χ2v) is 5.81. The normalized spacial score (nSPS) is 19.6. The molecule has 1 aliphatic heterocycles. The summed E-state index contributed by atoms with van der Waals surface area (Å²) >= 11 is 0. The summed E-state index contributed by atoms with van der Waals surface area (Å²) in [6.07, 6.45) is 2.75. The molecular formula is C14H21N5O2. The second kappa shape index (κ2) is 5.85. The van der Waals surface area contributed by atoms with Crippen LogP contribution in [0, 0.1) is 16.0 Å². The second-order valence-electron chi connectivity index (χ2n) is 5.81. The summed E-state index contributed by atoms with van der Waals surface area (Å²) in [5, 5.41) is 13.9. The van der Waals surface area contributed by atoms with Crippen LogP contribution in [0.4, 0.5) is 17.3 Å². The van der Waals surface area contributed by atoms with Gasteiger partial charge < -0.3 is 10.2 Å². The van der Waals surface area contributed by atoms with Crippen molar-refractivity contribution in [1.29, 1.82) is 0 Å². The van der Waals surface area contributed by atoms with Gasteiger partial charge in [-0.05, 0) is 18.8 Å². The molecule has 0 unspecified atom stereocenters. The molecule has 0 bridgehead atoms. The van der Waals surface area contributed by atoms with E-state index in [1.54, 1.807) is 13.1 Å². The van der Waals surface area contributed by atoms with E-state index in [2.05, 4.69) is 20.1 Å². The summed E-state index contributed by atoms with van der Waals surface area (Å²) in [6.45, 7) is 4.98. The molecule has 2 heterocycles. The van der Waals surface area contributed by atoms with Crippen molar-refractivity contribution in [2.24, 2.45) is 5.92 Å². The van der Waals surface area contributed by atoms with Crippen molar-refractivity contribution < 1.29 is 4.92 Å². The zero-order valence-corrected chi connectivity index (χ0v) is 12.3. The quantitative estimate of drug-likeness (QED) is 0.655. The van der Waals surface area contributed by atoms with Crippen molar-refractivity contribution in [3.05, 3.63) is 22.2 Å². The molecule has 0 spiro atoms. The fraction of sp³-hybridized carbons (Fsp3) is 0.643. The van der Waals surface area contributed by atoms with Crippen LogP contribution >= 0.6 is 0 Å². The summed E-state index contributed by atoms with van der Waals surface area (Å²) in [4.78, 5) is 19.7. The molecule has 0 aromatic carbocycles. The summed E-state index contributed by atoms with van der Waals surface area (Å²) < 4.78 is 0. The van der Waals surface area contributed by atoms with Crippen LogP contribution in [0.15, 0.2) is 12.1 Å². The Morgan fingerprint density at radius 2 is 2.05 bits per heavy atom. The molecule has 3 rings (SSSR count). The highest BCUT2D eigenvalue weighted by Crippen LogP contribution is 2.30. The van der Waals surface area contributed by atoms with Crippen LogP contribution in [0.3, 0.4) is 0 Å². The Kier molecular flexibility index (Phi) is 3.92. The van der Waals surface area contributed by atoms with Gasteiger partial charge in [0.25, 0.3) is 5.69 Å². The zero-order chi connectivity index (χ0) is 14.8. The molecule has 7 nitrogen and oxygen atoms in total. The third kappa shape index (κ3) is 3.41.